The lowest BCUT2D eigenvalue weighted by Gasteiger charge is -2.47. The molecular weight excluding hydrogens is 332 g/mol. The van der Waals surface area contributed by atoms with Crippen LogP contribution in [0, 0.1) is 0 Å². The van der Waals surface area contributed by atoms with Crippen molar-refractivity contribution >= 4 is 21.6 Å². The van der Waals surface area contributed by atoms with Gasteiger partial charge < -0.3 is 10.2 Å². The van der Waals surface area contributed by atoms with Crippen molar-refractivity contribution in [1.29, 1.82) is 0 Å². The summed E-state index contributed by atoms with van der Waals surface area (Å²) in [7, 11) is 2.25. The standard InChI is InChI=1S/C15H23BrN4O/c1-3-20-15(21)14(16)13(9-17-20)18-10-7-11-5-4-6-12(8-10)19(11)2/h9-12,18H,3-8H2,1-2H3. The molecule has 2 atom stereocenters. The Bertz CT molecular complexity index is 559. The zero-order chi connectivity index (χ0) is 15.0. The van der Waals surface area contributed by atoms with E-state index in [0.29, 0.717) is 29.1 Å². The van der Waals surface area contributed by atoms with Crippen molar-refractivity contribution in [2.24, 2.45) is 0 Å². The van der Waals surface area contributed by atoms with Gasteiger partial charge >= 0.3 is 0 Å². The van der Waals surface area contributed by atoms with Gasteiger partial charge in [-0.1, -0.05) is 6.42 Å². The number of piperidine rings is 2. The van der Waals surface area contributed by atoms with Gasteiger partial charge in [0.15, 0.2) is 0 Å². The Morgan fingerprint density at radius 2 is 2.05 bits per heavy atom. The van der Waals surface area contributed by atoms with Crippen LogP contribution in [0.1, 0.15) is 39.0 Å². The highest BCUT2D eigenvalue weighted by molar-refractivity contribution is 9.10. The van der Waals surface area contributed by atoms with Crippen LogP contribution >= 0.6 is 15.9 Å². The van der Waals surface area contributed by atoms with Gasteiger partial charge in [0, 0.05) is 24.7 Å². The molecule has 2 unspecified atom stereocenters. The number of aryl methyl sites for hydroxylation is 1. The molecule has 0 saturated carbocycles. The minimum atomic E-state index is -0.0596. The minimum Gasteiger partial charge on any atom is -0.380 e. The maximum atomic E-state index is 12.1. The van der Waals surface area contributed by atoms with Crippen molar-refractivity contribution in [1.82, 2.24) is 14.7 Å². The number of anilines is 1. The van der Waals surface area contributed by atoms with Gasteiger partial charge in [-0.3, -0.25) is 4.79 Å². The van der Waals surface area contributed by atoms with Gasteiger partial charge in [0.1, 0.15) is 4.47 Å². The first-order valence-electron chi connectivity index (χ1n) is 7.84. The molecule has 2 fully saturated rings. The Balaban J connectivity index is 1.76. The second-order valence-electron chi connectivity index (χ2n) is 6.21. The Hall–Kier alpha value is -0.880. The van der Waals surface area contributed by atoms with E-state index in [1.165, 1.54) is 23.9 Å². The Morgan fingerprint density at radius 1 is 1.38 bits per heavy atom. The van der Waals surface area contributed by atoms with Crippen molar-refractivity contribution in [2.75, 3.05) is 12.4 Å². The molecule has 2 bridgehead atoms. The largest absolute Gasteiger partial charge is 0.380 e. The highest BCUT2D eigenvalue weighted by Crippen LogP contribution is 2.34. The van der Waals surface area contributed by atoms with Gasteiger partial charge in [0.05, 0.1) is 11.9 Å². The van der Waals surface area contributed by atoms with Crippen LogP contribution in [0.25, 0.3) is 0 Å². The Morgan fingerprint density at radius 3 is 2.67 bits per heavy atom. The highest BCUT2D eigenvalue weighted by Gasteiger charge is 2.36. The summed E-state index contributed by atoms with van der Waals surface area (Å²) in [5.74, 6) is 0. The molecule has 3 heterocycles. The maximum Gasteiger partial charge on any atom is 0.283 e. The number of halogens is 1. The van der Waals surface area contributed by atoms with E-state index in [4.69, 9.17) is 0 Å². The SMILES string of the molecule is CCn1ncc(NC2CC3CCCC(C2)N3C)c(Br)c1=O. The van der Waals surface area contributed by atoms with Gasteiger partial charge in [-0.25, -0.2) is 4.68 Å². The molecule has 21 heavy (non-hydrogen) atoms. The summed E-state index contributed by atoms with van der Waals surface area (Å²) in [4.78, 5) is 14.7. The fraction of sp³-hybridized carbons (Fsp3) is 0.733. The molecule has 2 saturated heterocycles. The third-order valence-corrected chi connectivity index (χ3v) is 5.75. The van der Waals surface area contributed by atoms with Crippen LogP contribution in [0.2, 0.25) is 0 Å². The van der Waals surface area contributed by atoms with Crippen molar-refractivity contribution in [3.05, 3.63) is 21.0 Å². The molecule has 0 spiro atoms. The lowest BCUT2D eigenvalue weighted by molar-refractivity contribution is 0.0608. The van der Waals surface area contributed by atoms with Crippen molar-refractivity contribution in [3.63, 3.8) is 0 Å². The number of aromatic nitrogens is 2. The first-order chi connectivity index (χ1) is 10.1. The molecule has 1 aromatic heterocycles. The average molecular weight is 355 g/mol. The van der Waals surface area contributed by atoms with Gasteiger partial charge in [-0.05, 0) is 55.6 Å². The molecule has 1 N–H and O–H groups in total. The van der Waals surface area contributed by atoms with Crippen molar-refractivity contribution in [3.8, 4) is 0 Å². The van der Waals surface area contributed by atoms with E-state index in [1.54, 1.807) is 6.20 Å². The molecule has 3 rings (SSSR count). The number of nitrogens with zero attached hydrogens (tertiary/aromatic N) is 3. The zero-order valence-electron chi connectivity index (χ0n) is 12.7. The van der Waals surface area contributed by atoms with E-state index in [-0.39, 0.29) is 5.56 Å². The topological polar surface area (TPSA) is 50.2 Å². The monoisotopic (exact) mass is 354 g/mol. The van der Waals surface area contributed by atoms with Crippen LogP contribution < -0.4 is 10.9 Å². The molecule has 0 aromatic carbocycles. The number of hydrogen-bond donors (Lipinski definition) is 1. The number of hydrogen-bond acceptors (Lipinski definition) is 4. The fourth-order valence-corrected chi connectivity index (χ4v) is 4.17. The smallest absolute Gasteiger partial charge is 0.283 e. The van der Waals surface area contributed by atoms with E-state index < -0.39 is 0 Å². The molecule has 0 amide bonds. The van der Waals surface area contributed by atoms with Crippen LogP contribution in [-0.4, -0.2) is 39.9 Å². The Labute approximate surface area is 133 Å². The minimum absolute atomic E-state index is 0.0596. The van der Waals surface area contributed by atoms with Gasteiger partial charge in [-0.2, -0.15) is 5.10 Å². The lowest BCUT2D eigenvalue weighted by atomic mass is 9.82. The third kappa shape index (κ3) is 2.88. The van der Waals surface area contributed by atoms with Gasteiger partial charge in [0.25, 0.3) is 5.56 Å². The summed E-state index contributed by atoms with van der Waals surface area (Å²) >= 11 is 3.43. The second kappa shape index (κ2) is 6.08. The normalized spacial score (nSPS) is 29.4. The summed E-state index contributed by atoms with van der Waals surface area (Å²) in [5, 5.41) is 7.75. The first-order valence-corrected chi connectivity index (χ1v) is 8.63. The molecule has 1 aromatic rings. The van der Waals surface area contributed by atoms with E-state index in [0.717, 1.165) is 18.5 Å². The summed E-state index contributed by atoms with van der Waals surface area (Å²) in [6.07, 6.45) is 8.00. The van der Waals surface area contributed by atoms with E-state index in [9.17, 15) is 4.79 Å². The highest BCUT2D eigenvalue weighted by atomic mass is 79.9. The maximum absolute atomic E-state index is 12.1. The molecule has 6 heteroatoms. The van der Waals surface area contributed by atoms with E-state index >= 15 is 0 Å². The van der Waals surface area contributed by atoms with Crippen LogP contribution in [0.5, 0.6) is 0 Å². The van der Waals surface area contributed by atoms with E-state index in [2.05, 4.69) is 38.3 Å². The predicted molar refractivity (Wildman–Crippen MR) is 87.7 cm³/mol. The molecule has 0 radical (unpaired) electrons. The van der Waals surface area contributed by atoms with Gasteiger partial charge in [0.2, 0.25) is 0 Å². The van der Waals surface area contributed by atoms with E-state index in [1.807, 2.05) is 6.92 Å². The average Bonchev–Trinajstić information content (AvgIpc) is 2.45. The predicted octanol–water partition coefficient (Wildman–Crippen LogP) is 2.45. The van der Waals surface area contributed by atoms with Crippen LogP contribution in [-0.2, 0) is 6.54 Å². The Kier molecular flexibility index (Phi) is 4.36. The van der Waals surface area contributed by atoms with Gasteiger partial charge in [-0.15, -0.1) is 0 Å². The van der Waals surface area contributed by atoms with Crippen LogP contribution in [0.15, 0.2) is 15.5 Å². The van der Waals surface area contributed by atoms with Crippen LogP contribution in [0.4, 0.5) is 5.69 Å². The first kappa shape index (κ1) is 15.0. The molecule has 2 aliphatic heterocycles. The van der Waals surface area contributed by atoms with Crippen molar-refractivity contribution in [2.45, 2.75) is 63.7 Å². The second-order valence-corrected chi connectivity index (χ2v) is 7.00. The summed E-state index contributed by atoms with van der Waals surface area (Å²) < 4.78 is 2.07. The number of nitrogens with one attached hydrogen (secondary N) is 1. The number of fused-ring (bicyclic) bond motifs is 2. The van der Waals surface area contributed by atoms with Crippen LogP contribution in [0.3, 0.4) is 0 Å². The van der Waals surface area contributed by atoms with Crippen molar-refractivity contribution < 1.29 is 0 Å². The molecule has 116 valence electrons. The third-order valence-electron chi connectivity index (χ3n) is 4.98. The molecule has 0 aliphatic carbocycles. The quantitative estimate of drug-likeness (QED) is 0.905. The summed E-state index contributed by atoms with van der Waals surface area (Å²) in [6, 6.07) is 1.79. The molecular formula is C15H23BrN4O. The fourth-order valence-electron chi connectivity index (χ4n) is 3.74. The number of rotatable bonds is 3. The molecule has 2 aliphatic rings. The molecule has 5 nitrogen and oxygen atoms in total. The summed E-state index contributed by atoms with van der Waals surface area (Å²) in [5.41, 5.74) is 0.771. The zero-order valence-corrected chi connectivity index (χ0v) is 14.3. The summed E-state index contributed by atoms with van der Waals surface area (Å²) in [6.45, 7) is 2.52. The lowest BCUT2D eigenvalue weighted by Crippen LogP contribution is -2.52.